The zero-order valence-corrected chi connectivity index (χ0v) is 13.9. The summed E-state index contributed by atoms with van der Waals surface area (Å²) >= 11 is 0. The van der Waals surface area contributed by atoms with Crippen LogP contribution in [-0.2, 0) is 16.4 Å². The van der Waals surface area contributed by atoms with Gasteiger partial charge >= 0.3 is 0 Å². The fraction of sp³-hybridized carbons (Fsp3) is 0.533. The minimum atomic E-state index is -3.09. The molecule has 8 heteroatoms. The van der Waals surface area contributed by atoms with E-state index in [-0.39, 0.29) is 11.7 Å². The van der Waals surface area contributed by atoms with Crippen molar-refractivity contribution in [3.63, 3.8) is 0 Å². The lowest BCUT2D eigenvalue weighted by atomic mass is 9.99. The Morgan fingerprint density at radius 3 is 2.91 bits per heavy atom. The van der Waals surface area contributed by atoms with E-state index in [1.807, 2.05) is 19.1 Å². The van der Waals surface area contributed by atoms with Crippen LogP contribution in [0.3, 0.4) is 0 Å². The predicted octanol–water partition coefficient (Wildman–Crippen LogP) is 1.74. The van der Waals surface area contributed by atoms with E-state index in [0.717, 1.165) is 12.0 Å². The van der Waals surface area contributed by atoms with Gasteiger partial charge in [-0.15, -0.1) is 0 Å². The number of nitrogens with zero attached hydrogens (tertiary/aromatic N) is 4. The van der Waals surface area contributed by atoms with E-state index in [2.05, 4.69) is 15.1 Å². The van der Waals surface area contributed by atoms with Crippen molar-refractivity contribution in [1.29, 1.82) is 0 Å². The highest BCUT2D eigenvalue weighted by atomic mass is 32.2. The Hall–Kier alpha value is -1.80. The Bertz CT molecular complexity index is 739. The smallest absolute Gasteiger partial charge is 0.227 e. The number of sulfonamides is 1. The lowest BCUT2D eigenvalue weighted by molar-refractivity contribution is 0.186. The number of rotatable bonds is 7. The third-order valence-electron chi connectivity index (χ3n) is 3.92. The van der Waals surface area contributed by atoms with Gasteiger partial charge in [-0.1, -0.05) is 18.5 Å². The Morgan fingerprint density at radius 1 is 1.39 bits per heavy atom. The van der Waals surface area contributed by atoms with Crippen molar-refractivity contribution in [2.24, 2.45) is 5.92 Å². The third kappa shape index (κ3) is 3.76. The second-order valence-electron chi connectivity index (χ2n) is 5.81. The number of pyridine rings is 1. The standard InChI is InChI=1S/C15H20N4O3S/c1-2-3-7-23(20,21)19-10-12(11-19)8-14-17-15(18-22-14)13-5-4-6-16-9-13/h4-6,9,12H,2-3,7-8,10-11H2,1H3. The summed E-state index contributed by atoms with van der Waals surface area (Å²) in [6, 6.07) is 3.68. The summed E-state index contributed by atoms with van der Waals surface area (Å²) in [5.41, 5.74) is 0.805. The lowest BCUT2D eigenvalue weighted by Gasteiger charge is -2.37. The van der Waals surface area contributed by atoms with E-state index in [0.29, 0.717) is 37.6 Å². The molecular formula is C15H20N4O3S. The van der Waals surface area contributed by atoms with Crippen LogP contribution in [0.2, 0.25) is 0 Å². The monoisotopic (exact) mass is 336 g/mol. The largest absolute Gasteiger partial charge is 0.339 e. The maximum atomic E-state index is 12.0. The van der Waals surface area contributed by atoms with Gasteiger partial charge in [0.2, 0.25) is 21.7 Å². The molecule has 0 spiro atoms. The van der Waals surface area contributed by atoms with Crippen molar-refractivity contribution < 1.29 is 12.9 Å². The average Bonchev–Trinajstić information content (AvgIpc) is 2.98. The molecule has 124 valence electrons. The zero-order valence-electron chi connectivity index (χ0n) is 13.1. The van der Waals surface area contributed by atoms with E-state index in [9.17, 15) is 8.42 Å². The highest BCUT2D eigenvalue weighted by Gasteiger charge is 2.36. The number of hydrogen-bond acceptors (Lipinski definition) is 6. The van der Waals surface area contributed by atoms with Gasteiger partial charge in [0.05, 0.1) is 5.75 Å². The Labute approximate surface area is 135 Å². The molecule has 0 unspecified atom stereocenters. The molecule has 0 N–H and O–H groups in total. The van der Waals surface area contributed by atoms with Crippen LogP contribution in [0.25, 0.3) is 11.4 Å². The maximum absolute atomic E-state index is 12.0. The molecule has 3 rings (SSSR count). The molecule has 23 heavy (non-hydrogen) atoms. The van der Waals surface area contributed by atoms with Crippen molar-refractivity contribution in [1.82, 2.24) is 19.4 Å². The third-order valence-corrected chi connectivity index (χ3v) is 5.81. The first-order chi connectivity index (χ1) is 11.1. The number of unbranched alkanes of at least 4 members (excludes halogenated alkanes) is 1. The van der Waals surface area contributed by atoms with Gasteiger partial charge in [0, 0.05) is 37.5 Å². The predicted molar refractivity (Wildman–Crippen MR) is 85.0 cm³/mol. The second-order valence-corrected chi connectivity index (χ2v) is 7.90. The van der Waals surface area contributed by atoms with Gasteiger partial charge in [-0.05, 0) is 24.5 Å². The number of hydrogen-bond donors (Lipinski definition) is 0. The minimum absolute atomic E-state index is 0.238. The lowest BCUT2D eigenvalue weighted by Crippen LogP contribution is -2.51. The molecule has 7 nitrogen and oxygen atoms in total. The molecule has 1 fully saturated rings. The number of aromatic nitrogens is 3. The van der Waals surface area contributed by atoms with E-state index in [1.165, 1.54) is 0 Å². The van der Waals surface area contributed by atoms with Crippen LogP contribution in [0.5, 0.6) is 0 Å². The van der Waals surface area contributed by atoms with E-state index < -0.39 is 10.0 Å². The van der Waals surface area contributed by atoms with Crippen LogP contribution in [-0.4, -0.2) is 46.7 Å². The van der Waals surface area contributed by atoms with Gasteiger partial charge in [-0.3, -0.25) is 4.98 Å². The van der Waals surface area contributed by atoms with Crippen molar-refractivity contribution >= 4 is 10.0 Å². The fourth-order valence-corrected chi connectivity index (χ4v) is 4.32. The molecular weight excluding hydrogens is 316 g/mol. The van der Waals surface area contributed by atoms with Gasteiger partial charge in [0.15, 0.2) is 0 Å². The Balaban J connectivity index is 1.54. The Morgan fingerprint density at radius 2 is 2.22 bits per heavy atom. The molecule has 2 aromatic heterocycles. The molecule has 0 aliphatic carbocycles. The van der Waals surface area contributed by atoms with Crippen LogP contribution < -0.4 is 0 Å². The molecule has 2 aromatic rings. The summed E-state index contributed by atoms with van der Waals surface area (Å²) in [6.07, 6.45) is 5.57. The summed E-state index contributed by atoms with van der Waals surface area (Å²) < 4.78 is 30.9. The van der Waals surface area contributed by atoms with E-state index >= 15 is 0 Å². The summed E-state index contributed by atoms with van der Waals surface area (Å²) in [5.74, 6) is 1.54. The molecule has 0 aromatic carbocycles. The molecule has 0 radical (unpaired) electrons. The van der Waals surface area contributed by atoms with Crippen molar-refractivity contribution in [2.75, 3.05) is 18.8 Å². The molecule has 0 bridgehead atoms. The quantitative estimate of drug-likeness (QED) is 0.765. The van der Waals surface area contributed by atoms with E-state index in [1.54, 1.807) is 16.7 Å². The normalized spacial score (nSPS) is 16.4. The van der Waals surface area contributed by atoms with Crippen LogP contribution in [0.4, 0.5) is 0 Å². The Kier molecular flexibility index (Phi) is 4.72. The summed E-state index contributed by atoms with van der Waals surface area (Å²) in [5, 5.41) is 3.95. The van der Waals surface area contributed by atoms with Crippen molar-refractivity contribution in [2.45, 2.75) is 26.2 Å². The molecule has 1 aliphatic heterocycles. The topological polar surface area (TPSA) is 89.2 Å². The molecule has 1 saturated heterocycles. The molecule has 0 saturated carbocycles. The summed E-state index contributed by atoms with van der Waals surface area (Å²) in [6.45, 7) is 3.07. The SMILES string of the molecule is CCCCS(=O)(=O)N1CC(Cc2nc(-c3cccnc3)no2)C1. The minimum Gasteiger partial charge on any atom is -0.339 e. The fourth-order valence-electron chi connectivity index (χ4n) is 2.53. The second kappa shape index (κ2) is 6.76. The van der Waals surface area contributed by atoms with Gasteiger partial charge < -0.3 is 4.52 Å². The van der Waals surface area contributed by atoms with Crippen LogP contribution in [0, 0.1) is 5.92 Å². The zero-order chi connectivity index (χ0) is 16.3. The average molecular weight is 336 g/mol. The van der Waals surface area contributed by atoms with Crippen LogP contribution >= 0.6 is 0 Å². The van der Waals surface area contributed by atoms with Crippen LogP contribution in [0.15, 0.2) is 29.0 Å². The first-order valence-electron chi connectivity index (χ1n) is 7.79. The van der Waals surface area contributed by atoms with Crippen LogP contribution in [0.1, 0.15) is 25.7 Å². The van der Waals surface area contributed by atoms with E-state index in [4.69, 9.17) is 4.52 Å². The molecule has 0 atom stereocenters. The molecule has 3 heterocycles. The first kappa shape index (κ1) is 16.1. The van der Waals surface area contributed by atoms with Gasteiger partial charge in [-0.25, -0.2) is 12.7 Å². The maximum Gasteiger partial charge on any atom is 0.227 e. The highest BCUT2D eigenvalue weighted by Crippen LogP contribution is 2.24. The summed E-state index contributed by atoms with van der Waals surface area (Å²) in [4.78, 5) is 8.38. The van der Waals surface area contributed by atoms with Gasteiger partial charge in [0.25, 0.3) is 0 Å². The first-order valence-corrected chi connectivity index (χ1v) is 9.40. The molecule has 0 amide bonds. The van der Waals surface area contributed by atoms with Crippen molar-refractivity contribution in [3.8, 4) is 11.4 Å². The molecule has 1 aliphatic rings. The van der Waals surface area contributed by atoms with Gasteiger partial charge in [-0.2, -0.15) is 4.98 Å². The van der Waals surface area contributed by atoms with Gasteiger partial charge in [0.1, 0.15) is 0 Å². The summed E-state index contributed by atoms with van der Waals surface area (Å²) in [7, 11) is -3.09. The highest BCUT2D eigenvalue weighted by molar-refractivity contribution is 7.89. The van der Waals surface area contributed by atoms with Crippen molar-refractivity contribution in [3.05, 3.63) is 30.4 Å².